The molecule has 0 aromatic carbocycles. The van der Waals surface area contributed by atoms with Gasteiger partial charge in [0.1, 0.15) is 0 Å². The van der Waals surface area contributed by atoms with E-state index in [0.29, 0.717) is 0 Å². The van der Waals surface area contributed by atoms with E-state index in [1.807, 2.05) is 6.92 Å². The molecule has 0 aliphatic rings. The maximum atomic E-state index is 4.11. The summed E-state index contributed by atoms with van der Waals surface area (Å²) in [7, 11) is 0. The summed E-state index contributed by atoms with van der Waals surface area (Å²) >= 11 is 0. The molecule has 0 aliphatic carbocycles. The quantitative estimate of drug-likeness (QED) is 0.667. The zero-order valence-electron chi connectivity index (χ0n) is 8.42. The molecule has 0 atom stereocenters. The maximum Gasteiger partial charge on any atom is 0.0515 e. The van der Waals surface area contributed by atoms with Gasteiger partial charge in [0.15, 0.2) is 0 Å². The van der Waals surface area contributed by atoms with Crippen LogP contribution in [0.25, 0.3) is 5.65 Å². The van der Waals surface area contributed by atoms with Crippen LogP contribution in [0, 0.1) is 27.7 Å². The molecule has 0 unspecified atom stereocenters. The van der Waals surface area contributed by atoms with Crippen molar-refractivity contribution in [2.24, 2.45) is 0 Å². The van der Waals surface area contributed by atoms with Crippen molar-refractivity contribution in [3.63, 3.8) is 0 Å². The Kier molecular flexibility index (Phi) is 2.98. The molecule has 0 saturated carbocycles. The second kappa shape index (κ2) is 3.54. The molecule has 13 heavy (non-hydrogen) atoms. The molecule has 2 aromatic heterocycles. The van der Waals surface area contributed by atoms with Crippen molar-refractivity contribution in [2.45, 2.75) is 27.7 Å². The van der Waals surface area contributed by atoms with Crippen LogP contribution in [0.1, 0.15) is 22.6 Å². The zero-order valence-corrected chi connectivity index (χ0v) is 11.3. The standard InChI is InChI=1S/C9H12N3.Y/c1-5-6(2)9-11-10-8(4)12(9)7(5)3;/h1-4H3;/q-1;. The Balaban J connectivity index is 0.000000845. The van der Waals surface area contributed by atoms with E-state index in [1.54, 1.807) is 0 Å². The molecular weight excluding hydrogens is 239 g/mol. The molecule has 0 aliphatic heterocycles. The van der Waals surface area contributed by atoms with Crippen LogP contribution < -0.4 is 0 Å². The predicted octanol–water partition coefficient (Wildman–Crippen LogP) is 1.68. The normalized spacial score (nSPS) is 10.5. The third-order valence-corrected chi connectivity index (χ3v) is 2.60. The van der Waals surface area contributed by atoms with E-state index in [0.717, 1.165) is 11.5 Å². The summed E-state index contributed by atoms with van der Waals surface area (Å²) in [6, 6.07) is 0. The number of rotatable bonds is 0. The van der Waals surface area contributed by atoms with Crippen molar-refractivity contribution in [1.29, 1.82) is 0 Å². The van der Waals surface area contributed by atoms with Gasteiger partial charge in [-0.05, 0) is 6.92 Å². The summed E-state index contributed by atoms with van der Waals surface area (Å²) in [5, 5.41) is 8.14. The number of hydrogen-bond donors (Lipinski definition) is 0. The van der Waals surface area contributed by atoms with E-state index in [-0.39, 0.29) is 32.7 Å². The van der Waals surface area contributed by atoms with E-state index in [2.05, 4.69) is 35.4 Å². The van der Waals surface area contributed by atoms with E-state index >= 15 is 0 Å². The molecule has 2 aromatic rings. The molecule has 0 bridgehead atoms. The van der Waals surface area contributed by atoms with Gasteiger partial charge in [-0.15, -0.1) is 11.1 Å². The Morgan fingerprint density at radius 3 is 2.31 bits per heavy atom. The Bertz CT molecular complexity index is 439. The van der Waals surface area contributed by atoms with Crippen LogP contribution in [0.15, 0.2) is 0 Å². The van der Waals surface area contributed by atoms with E-state index in [1.165, 1.54) is 16.8 Å². The van der Waals surface area contributed by atoms with Crippen LogP contribution in [0.5, 0.6) is 0 Å². The molecule has 0 spiro atoms. The molecule has 0 saturated heterocycles. The Morgan fingerprint density at radius 2 is 1.77 bits per heavy atom. The summed E-state index contributed by atoms with van der Waals surface area (Å²) in [6.07, 6.45) is 0. The second-order valence-electron chi connectivity index (χ2n) is 3.24. The van der Waals surface area contributed by atoms with Gasteiger partial charge < -0.3 is 4.40 Å². The molecule has 2 rings (SSSR count). The van der Waals surface area contributed by atoms with Gasteiger partial charge in [0, 0.05) is 38.4 Å². The fourth-order valence-corrected chi connectivity index (χ4v) is 1.61. The monoisotopic (exact) mass is 251 g/mol. The fraction of sp³-hybridized carbons (Fsp3) is 0.444. The van der Waals surface area contributed by atoms with Gasteiger partial charge >= 0.3 is 0 Å². The summed E-state index contributed by atoms with van der Waals surface area (Å²) in [6.45, 7) is 8.29. The third-order valence-electron chi connectivity index (χ3n) is 2.60. The van der Waals surface area contributed by atoms with Gasteiger partial charge in [0.2, 0.25) is 0 Å². The van der Waals surface area contributed by atoms with Gasteiger partial charge in [-0.25, -0.2) is 5.10 Å². The minimum Gasteiger partial charge on any atom is -0.412 e. The number of hydrogen-bond acceptors (Lipinski definition) is 2. The minimum atomic E-state index is 0. The van der Waals surface area contributed by atoms with Gasteiger partial charge in [0.25, 0.3) is 0 Å². The van der Waals surface area contributed by atoms with Gasteiger partial charge in [0.05, 0.1) is 5.82 Å². The molecule has 67 valence electrons. The Morgan fingerprint density at radius 1 is 1.15 bits per heavy atom. The van der Waals surface area contributed by atoms with E-state index < -0.39 is 0 Å². The molecule has 0 N–H and O–H groups in total. The number of aromatic nitrogens is 3. The van der Waals surface area contributed by atoms with Crippen molar-refractivity contribution in [3.8, 4) is 0 Å². The fourth-order valence-electron chi connectivity index (χ4n) is 1.61. The van der Waals surface area contributed by atoms with Gasteiger partial charge in [-0.3, -0.25) is 0 Å². The first-order valence-electron chi connectivity index (χ1n) is 4.07. The Labute approximate surface area is 103 Å². The molecular formula is C9H12N3Y-. The van der Waals surface area contributed by atoms with Crippen LogP contribution in [-0.4, -0.2) is 14.6 Å². The van der Waals surface area contributed by atoms with Crippen molar-refractivity contribution < 1.29 is 32.7 Å². The van der Waals surface area contributed by atoms with Crippen molar-refractivity contribution in [1.82, 2.24) is 14.6 Å². The largest absolute Gasteiger partial charge is 0.412 e. The summed E-state index contributed by atoms with van der Waals surface area (Å²) in [5.74, 6) is 0.971. The summed E-state index contributed by atoms with van der Waals surface area (Å²) in [4.78, 5) is 0. The van der Waals surface area contributed by atoms with Crippen molar-refractivity contribution in [3.05, 3.63) is 22.6 Å². The third kappa shape index (κ3) is 1.38. The first kappa shape index (κ1) is 10.9. The molecule has 3 nitrogen and oxygen atoms in total. The van der Waals surface area contributed by atoms with Gasteiger partial charge in [-0.1, -0.05) is 26.5 Å². The Hall–Kier alpha value is -0.146. The molecule has 1 radical (unpaired) electrons. The number of fused-ring (bicyclic) bond motifs is 1. The minimum absolute atomic E-state index is 0. The molecule has 0 fully saturated rings. The number of nitrogens with zero attached hydrogens (tertiary/aromatic N) is 3. The molecule has 0 amide bonds. The molecule has 2 heterocycles. The summed E-state index contributed by atoms with van der Waals surface area (Å²) in [5.41, 5.74) is 4.82. The maximum absolute atomic E-state index is 4.11. The zero-order chi connectivity index (χ0) is 8.88. The van der Waals surface area contributed by atoms with Gasteiger partial charge in [-0.2, -0.15) is 5.10 Å². The molecule has 4 heteroatoms. The van der Waals surface area contributed by atoms with E-state index in [9.17, 15) is 0 Å². The van der Waals surface area contributed by atoms with Crippen molar-refractivity contribution >= 4 is 5.65 Å². The van der Waals surface area contributed by atoms with Crippen LogP contribution in [-0.2, 0) is 32.7 Å². The van der Waals surface area contributed by atoms with Crippen LogP contribution >= 0.6 is 0 Å². The topological polar surface area (TPSA) is 30.2 Å². The first-order valence-corrected chi connectivity index (χ1v) is 4.07. The van der Waals surface area contributed by atoms with Crippen LogP contribution in [0.2, 0.25) is 0 Å². The average molecular weight is 251 g/mol. The number of aryl methyl sites for hydroxylation is 3. The summed E-state index contributed by atoms with van der Waals surface area (Å²) < 4.78 is 2.10. The SMILES string of the molecule is Cc1c(C)[c-](C)n2c(C)nnc12.[Y]. The first-order chi connectivity index (χ1) is 5.63. The van der Waals surface area contributed by atoms with E-state index in [4.69, 9.17) is 0 Å². The average Bonchev–Trinajstić information content (AvgIpc) is 2.51. The smallest absolute Gasteiger partial charge is 0.0515 e. The van der Waals surface area contributed by atoms with Crippen LogP contribution in [0.3, 0.4) is 0 Å². The second-order valence-corrected chi connectivity index (χ2v) is 3.24. The van der Waals surface area contributed by atoms with Crippen molar-refractivity contribution in [2.75, 3.05) is 0 Å². The van der Waals surface area contributed by atoms with Crippen LogP contribution in [0.4, 0.5) is 0 Å². The predicted molar refractivity (Wildman–Crippen MR) is 47.5 cm³/mol.